The topological polar surface area (TPSA) is 49.9 Å². The molecule has 0 unspecified atom stereocenters. The van der Waals surface area contributed by atoms with E-state index in [9.17, 15) is 9.59 Å². The fraction of sp³-hybridized carbons (Fsp3) is 0.300. The smallest absolute Gasteiger partial charge is 0.266 e. The van der Waals surface area contributed by atoms with Gasteiger partial charge in [-0.3, -0.25) is 14.4 Å². The normalized spacial score (nSPS) is 25.1. The van der Waals surface area contributed by atoms with Gasteiger partial charge in [0.2, 0.25) is 5.91 Å². The van der Waals surface area contributed by atoms with Gasteiger partial charge in [-0.2, -0.15) is 0 Å². The predicted octanol–water partition coefficient (Wildman–Crippen LogP) is 3.82. The van der Waals surface area contributed by atoms with Gasteiger partial charge in [-0.15, -0.1) is 0 Å². The number of hydrogen-bond donors (Lipinski definition) is 0. The number of halogens is 1. The molecule has 26 heavy (non-hydrogen) atoms. The highest BCUT2D eigenvalue weighted by atomic mass is 35.5. The molecule has 3 atom stereocenters. The maximum absolute atomic E-state index is 13.1. The highest BCUT2D eigenvalue weighted by molar-refractivity contribution is 6.31. The van der Waals surface area contributed by atoms with Gasteiger partial charge < -0.3 is 0 Å². The van der Waals surface area contributed by atoms with E-state index >= 15 is 0 Å². The zero-order chi connectivity index (χ0) is 18.3. The van der Waals surface area contributed by atoms with Crippen molar-refractivity contribution in [3.05, 3.63) is 59.6 Å². The van der Waals surface area contributed by atoms with Crippen molar-refractivity contribution >= 4 is 34.8 Å². The van der Waals surface area contributed by atoms with Gasteiger partial charge in [-0.05, 0) is 36.8 Å². The number of amides is 2. The van der Waals surface area contributed by atoms with Gasteiger partial charge in [-0.25, -0.2) is 9.96 Å². The minimum Gasteiger partial charge on any atom is -0.273 e. The number of carbonyl (C=O) groups excluding carboxylic acids is 2. The van der Waals surface area contributed by atoms with E-state index in [1.165, 1.54) is 4.90 Å². The molecule has 0 aromatic heterocycles. The predicted molar refractivity (Wildman–Crippen MR) is 99.9 cm³/mol. The van der Waals surface area contributed by atoms with Crippen molar-refractivity contribution < 1.29 is 14.4 Å². The summed E-state index contributed by atoms with van der Waals surface area (Å²) >= 11 is 6.03. The van der Waals surface area contributed by atoms with Crippen molar-refractivity contribution in [3.63, 3.8) is 0 Å². The van der Waals surface area contributed by atoms with E-state index in [1.54, 1.807) is 29.3 Å². The van der Waals surface area contributed by atoms with E-state index < -0.39 is 12.0 Å². The van der Waals surface area contributed by atoms with Crippen molar-refractivity contribution in [2.45, 2.75) is 31.9 Å². The Morgan fingerprint density at radius 3 is 2.42 bits per heavy atom. The van der Waals surface area contributed by atoms with Gasteiger partial charge in [0.05, 0.1) is 23.3 Å². The maximum Gasteiger partial charge on any atom is 0.266 e. The second kappa shape index (κ2) is 6.74. The Kier molecular flexibility index (Phi) is 4.42. The quantitative estimate of drug-likeness (QED) is 0.768. The van der Waals surface area contributed by atoms with Crippen molar-refractivity contribution in [2.24, 2.45) is 5.92 Å². The van der Waals surface area contributed by atoms with Crippen LogP contribution in [0, 0.1) is 5.92 Å². The molecule has 4 rings (SSSR count). The van der Waals surface area contributed by atoms with Gasteiger partial charge in [0.15, 0.2) is 6.10 Å². The number of fused-ring (bicyclic) bond motifs is 1. The van der Waals surface area contributed by atoms with Crippen molar-refractivity contribution in [3.8, 4) is 0 Å². The average molecular weight is 371 g/mol. The highest BCUT2D eigenvalue weighted by Gasteiger charge is 2.59. The minimum atomic E-state index is -0.793. The molecule has 2 saturated heterocycles. The number of rotatable bonds is 4. The summed E-state index contributed by atoms with van der Waals surface area (Å²) in [7, 11) is 0. The van der Waals surface area contributed by atoms with Gasteiger partial charge in [0, 0.05) is 5.02 Å². The molecular formula is C20H19ClN2O3. The van der Waals surface area contributed by atoms with E-state index in [2.05, 4.69) is 6.92 Å². The highest BCUT2D eigenvalue weighted by Crippen LogP contribution is 2.41. The summed E-state index contributed by atoms with van der Waals surface area (Å²) < 4.78 is 0. The molecule has 6 heteroatoms. The number of nitrogens with zero attached hydrogens (tertiary/aromatic N) is 2. The van der Waals surface area contributed by atoms with Crippen LogP contribution in [0.2, 0.25) is 5.02 Å². The molecule has 2 amide bonds. The summed E-state index contributed by atoms with van der Waals surface area (Å²) in [6.07, 6.45) is 0.857. The molecule has 2 fully saturated rings. The molecule has 2 aromatic rings. The summed E-state index contributed by atoms with van der Waals surface area (Å²) in [5.74, 6) is -1.07. The van der Waals surface area contributed by atoms with Crippen LogP contribution in [0.15, 0.2) is 54.6 Å². The van der Waals surface area contributed by atoms with Gasteiger partial charge >= 0.3 is 0 Å². The summed E-state index contributed by atoms with van der Waals surface area (Å²) in [5.41, 5.74) is 1.35. The maximum atomic E-state index is 13.1. The molecule has 0 saturated carbocycles. The van der Waals surface area contributed by atoms with Gasteiger partial charge in [-0.1, -0.05) is 49.2 Å². The van der Waals surface area contributed by atoms with Crippen molar-refractivity contribution in [1.82, 2.24) is 0 Å². The fourth-order valence-corrected chi connectivity index (χ4v) is 3.97. The van der Waals surface area contributed by atoms with E-state index in [-0.39, 0.29) is 17.9 Å². The number of imide groups is 1. The third kappa shape index (κ3) is 2.68. The molecular weight excluding hydrogens is 352 g/mol. The first kappa shape index (κ1) is 17.1. The second-order valence-electron chi connectivity index (χ2n) is 6.56. The second-order valence-corrected chi connectivity index (χ2v) is 7.00. The van der Waals surface area contributed by atoms with Crippen LogP contribution in [0.1, 0.15) is 19.8 Å². The molecule has 0 bridgehead atoms. The van der Waals surface area contributed by atoms with Crippen LogP contribution in [0.25, 0.3) is 0 Å². The van der Waals surface area contributed by atoms with Gasteiger partial charge in [0.1, 0.15) is 0 Å². The molecule has 0 aliphatic carbocycles. The Morgan fingerprint density at radius 1 is 1.00 bits per heavy atom. The number of hydroxylamine groups is 1. The Morgan fingerprint density at radius 2 is 1.73 bits per heavy atom. The van der Waals surface area contributed by atoms with E-state index in [0.717, 1.165) is 18.5 Å². The molecule has 0 N–H and O–H groups in total. The number of hydrogen-bond acceptors (Lipinski definition) is 4. The Bertz CT molecular complexity index is 842. The molecule has 134 valence electrons. The summed E-state index contributed by atoms with van der Waals surface area (Å²) in [4.78, 5) is 33.3. The Balaban J connectivity index is 1.69. The zero-order valence-electron chi connectivity index (χ0n) is 14.3. The molecule has 0 radical (unpaired) electrons. The third-order valence-electron chi connectivity index (χ3n) is 4.90. The lowest BCUT2D eigenvalue weighted by atomic mass is 9.93. The lowest BCUT2D eigenvalue weighted by molar-refractivity contribution is -0.126. The third-order valence-corrected chi connectivity index (χ3v) is 5.13. The number of benzene rings is 2. The standard InChI is InChI=1S/C20H19ClN2O3/c1-2-7-16-17-18(26-23(16)14-9-4-3-5-10-14)20(25)22(19(17)24)15-11-6-8-13(21)12-15/h3-6,8-12,16-18H,2,7H2,1H3/t16-,17+,18+/m1/s1. The average Bonchev–Trinajstić information content (AvgIpc) is 3.13. The minimum absolute atomic E-state index is 0.173. The van der Waals surface area contributed by atoms with Crippen LogP contribution in [-0.2, 0) is 14.4 Å². The first-order valence-corrected chi connectivity index (χ1v) is 9.14. The molecule has 0 spiro atoms. The molecule has 2 aliphatic heterocycles. The lowest BCUT2D eigenvalue weighted by Gasteiger charge is -2.28. The first-order chi connectivity index (χ1) is 12.6. The van der Waals surface area contributed by atoms with E-state index in [4.69, 9.17) is 16.4 Å². The van der Waals surface area contributed by atoms with Crippen molar-refractivity contribution in [2.75, 3.05) is 9.96 Å². The van der Waals surface area contributed by atoms with Crippen LogP contribution in [-0.4, -0.2) is 24.0 Å². The zero-order valence-corrected chi connectivity index (χ0v) is 15.1. The van der Waals surface area contributed by atoms with Crippen molar-refractivity contribution in [1.29, 1.82) is 0 Å². The monoisotopic (exact) mass is 370 g/mol. The SMILES string of the molecule is CCC[C@@H]1[C@@H]2C(=O)N(c3cccc(Cl)c3)C(=O)[C@H]2ON1c1ccccc1. The Hall–Kier alpha value is -2.37. The molecule has 2 aliphatic rings. The van der Waals surface area contributed by atoms with Crippen LogP contribution >= 0.6 is 11.6 Å². The fourth-order valence-electron chi connectivity index (χ4n) is 3.78. The van der Waals surface area contributed by atoms with Crippen LogP contribution in [0.5, 0.6) is 0 Å². The molecule has 2 aromatic carbocycles. The molecule has 5 nitrogen and oxygen atoms in total. The number of carbonyl (C=O) groups is 2. The van der Waals surface area contributed by atoms with Crippen LogP contribution < -0.4 is 9.96 Å². The largest absolute Gasteiger partial charge is 0.273 e. The van der Waals surface area contributed by atoms with E-state index in [1.807, 2.05) is 30.3 Å². The van der Waals surface area contributed by atoms with Crippen LogP contribution in [0.4, 0.5) is 11.4 Å². The summed E-state index contributed by atoms with van der Waals surface area (Å²) in [6, 6.07) is 16.2. The van der Waals surface area contributed by atoms with Gasteiger partial charge in [0.25, 0.3) is 5.91 Å². The number of anilines is 2. The molecule has 2 heterocycles. The Labute approximate surface area is 157 Å². The van der Waals surface area contributed by atoms with E-state index in [0.29, 0.717) is 10.7 Å². The number of para-hydroxylation sites is 1. The van der Waals surface area contributed by atoms with Crippen LogP contribution in [0.3, 0.4) is 0 Å². The summed E-state index contributed by atoms with van der Waals surface area (Å²) in [6.45, 7) is 2.06. The lowest BCUT2D eigenvalue weighted by Crippen LogP contribution is -2.40. The first-order valence-electron chi connectivity index (χ1n) is 8.76. The summed E-state index contributed by atoms with van der Waals surface area (Å²) in [5, 5.41) is 2.22.